The lowest BCUT2D eigenvalue weighted by molar-refractivity contribution is 0.408. The Kier molecular flexibility index (Phi) is 3.54. The third-order valence-corrected chi connectivity index (χ3v) is 4.14. The standard InChI is InChI=1S/C12H17NOS/c1-14-11-5-2-6-12-10(11)8-9(15-12)4-3-7-13/h2,5-6,9H,3-4,7-8,13H2,1H3. The first-order valence-electron chi connectivity index (χ1n) is 5.37. The van der Waals surface area contributed by atoms with Gasteiger partial charge in [0.05, 0.1) is 7.11 Å². The molecule has 1 aromatic carbocycles. The molecular formula is C12H17NOS. The van der Waals surface area contributed by atoms with Crippen molar-refractivity contribution in [2.24, 2.45) is 5.73 Å². The van der Waals surface area contributed by atoms with E-state index in [1.165, 1.54) is 16.9 Å². The van der Waals surface area contributed by atoms with E-state index in [-0.39, 0.29) is 0 Å². The molecule has 0 radical (unpaired) electrons. The summed E-state index contributed by atoms with van der Waals surface area (Å²) < 4.78 is 5.37. The minimum Gasteiger partial charge on any atom is -0.496 e. The summed E-state index contributed by atoms with van der Waals surface area (Å²) in [5.74, 6) is 1.04. The predicted molar refractivity (Wildman–Crippen MR) is 64.6 cm³/mol. The fraction of sp³-hybridized carbons (Fsp3) is 0.500. The van der Waals surface area contributed by atoms with Gasteiger partial charge in [-0.05, 0) is 37.9 Å². The summed E-state index contributed by atoms with van der Waals surface area (Å²) in [4.78, 5) is 1.39. The Balaban J connectivity index is 2.09. The van der Waals surface area contributed by atoms with Gasteiger partial charge < -0.3 is 10.5 Å². The maximum absolute atomic E-state index is 5.53. The average Bonchev–Trinajstić information content (AvgIpc) is 2.68. The summed E-state index contributed by atoms with van der Waals surface area (Å²) in [6.45, 7) is 0.796. The van der Waals surface area contributed by atoms with Crippen molar-refractivity contribution in [3.8, 4) is 5.75 Å². The molecule has 1 aliphatic heterocycles. The summed E-state index contributed by atoms with van der Waals surface area (Å²) in [5.41, 5.74) is 6.92. The van der Waals surface area contributed by atoms with Gasteiger partial charge in [0, 0.05) is 15.7 Å². The Morgan fingerprint density at radius 2 is 2.40 bits per heavy atom. The molecule has 82 valence electrons. The molecular weight excluding hydrogens is 206 g/mol. The van der Waals surface area contributed by atoms with Crippen molar-refractivity contribution in [2.45, 2.75) is 29.4 Å². The third kappa shape index (κ3) is 2.29. The number of ether oxygens (including phenoxy) is 1. The monoisotopic (exact) mass is 223 g/mol. The number of hydrogen-bond acceptors (Lipinski definition) is 3. The second-order valence-corrected chi connectivity index (χ2v) is 5.15. The zero-order valence-corrected chi connectivity index (χ0v) is 9.85. The molecule has 0 bridgehead atoms. The minimum atomic E-state index is 0.694. The van der Waals surface area contributed by atoms with Crippen LogP contribution in [0.2, 0.25) is 0 Å². The molecule has 0 amide bonds. The van der Waals surface area contributed by atoms with E-state index in [2.05, 4.69) is 12.1 Å². The fourth-order valence-electron chi connectivity index (χ4n) is 2.00. The lowest BCUT2D eigenvalue weighted by Crippen LogP contribution is -2.06. The Morgan fingerprint density at radius 1 is 1.53 bits per heavy atom. The Labute approximate surface area is 95.2 Å². The molecule has 1 aromatic rings. The van der Waals surface area contributed by atoms with E-state index in [9.17, 15) is 0 Å². The van der Waals surface area contributed by atoms with Gasteiger partial charge in [0.25, 0.3) is 0 Å². The van der Waals surface area contributed by atoms with Crippen LogP contribution in [0, 0.1) is 0 Å². The number of benzene rings is 1. The highest BCUT2D eigenvalue weighted by molar-refractivity contribution is 8.00. The van der Waals surface area contributed by atoms with Crippen LogP contribution in [-0.4, -0.2) is 18.9 Å². The largest absolute Gasteiger partial charge is 0.496 e. The van der Waals surface area contributed by atoms with Crippen molar-refractivity contribution < 1.29 is 4.74 Å². The molecule has 0 aromatic heterocycles. The van der Waals surface area contributed by atoms with Crippen molar-refractivity contribution >= 4 is 11.8 Å². The molecule has 1 aliphatic rings. The van der Waals surface area contributed by atoms with Gasteiger partial charge in [-0.15, -0.1) is 11.8 Å². The number of nitrogens with two attached hydrogens (primary N) is 1. The van der Waals surface area contributed by atoms with Gasteiger partial charge in [-0.1, -0.05) is 6.07 Å². The molecule has 2 N–H and O–H groups in total. The molecule has 0 fully saturated rings. The van der Waals surface area contributed by atoms with Gasteiger partial charge in [-0.3, -0.25) is 0 Å². The van der Waals surface area contributed by atoms with E-state index >= 15 is 0 Å². The summed E-state index contributed by atoms with van der Waals surface area (Å²) in [7, 11) is 1.74. The van der Waals surface area contributed by atoms with E-state index in [4.69, 9.17) is 10.5 Å². The summed E-state index contributed by atoms with van der Waals surface area (Å²) in [6.07, 6.45) is 3.46. The highest BCUT2D eigenvalue weighted by Crippen LogP contribution is 2.42. The average molecular weight is 223 g/mol. The van der Waals surface area contributed by atoms with Crippen LogP contribution in [0.1, 0.15) is 18.4 Å². The number of methoxy groups -OCH3 is 1. The molecule has 1 heterocycles. The molecule has 15 heavy (non-hydrogen) atoms. The second kappa shape index (κ2) is 4.90. The number of rotatable bonds is 4. The van der Waals surface area contributed by atoms with E-state index in [0.717, 1.165) is 25.1 Å². The molecule has 3 heteroatoms. The normalized spacial score (nSPS) is 18.9. The number of fused-ring (bicyclic) bond motifs is 1. The van der Waals surface area contributed by atoms with Crippen LogP contribution in [0.4, 0.5) is 0 Å². The van der Waals surface area contributed by atoms with Crippen LogP contribution in [0.3, 0.4) is 0 Å². The van der Waals surface area contributed by atoms with E-state index in [0.29, 0.717) is 5.25 Å². The van der Waals surface area contributed by atoms with E-state index in [1.807, 2.05) is 17.8 Å². The maximum Gasteiger partial charge on any atom is 0.123 e. The first-order chi connectivity index (χ1) is 7.35. The molecule has 0 spiro atoms. The second-order valence-electron chi connectivity index (χ2n) is 3.81. The van der Waals surface area contributed by atoms with Crippen molar-refractivity contribution in [3.05, 3.63) is 23.8 Å². The molecule has 0 saturated carbocycles. The Hall–Kier alpha value is -0.670. The molecule has 0 aliphatic carbocycles. The highest BCUT2D eigenvalue weighted by atomic mass is 32.2. The quantitative estimate of drug-likeness (QED) is 0.851. The summed E-state index contributed by atoms with van der Waals surface area (Å²) in [5, 5.41) is 0.694. The van der Waals surface area contributed by atoms with Gasteiger partial charge in [-0.25, -0.2) is 0 Å². The number of hydrogen-bond donors (Lipinski definition) is 1. The highest BCUT2D eigenvalue weighted by Gasteiger charge is 2.24. The zero-order valence-electron chi connectivity index (χ0n) is 9.03. The van der Waals surface area contributed by atoms with Crippen LogP contribution in [0.25, 0.3) is 0 Å². The summed E-state index contributed by atoms with van der Waals surface area (Å²) >= 11 is 1.97. The van der Waals surface area contributed by atoms with Crippen LogP contribution >= 0.6 is 11.8 Å². The maximum atomic E-state index is 5.53. The molecule has 2 rings (SSSR count). The van der Waals surface area contributed by atoms with E-state index in [1.54, 1.807) is 7.11 Å². The minimum absolute atomic E-state index is 0.694. The Morgan fingerprint density at radius 3 is 3.13 bits per heavy atom. The van der Waals surface area contributed by atoms with Crippen LogP contribution < -0.4 is 10.5 Å². The van der Waals surface area contributed by atoms with Crippen molar-refractivity contribution in [1.82, 2.24) is 0 Å². The third-order valence-electron chi connectivity index (χ3n) is 2.77. The predicted octanol–water partition coefficient (Wildman–Crippen LogP) is 2.45. The molecule has 1 atom stereocenters. The van der Waals surface area contributed by atoms with E-state index < -0.39 is 0 Å². The van der Waals surface area contributed by atoms with Crippen molar-refractivity contribution in [2.75, 3.05) is 13.7 Å². The smallest absolute Gasteiger partial charge is 0.123 e. The lowest BCUT2D eigenvalue weighted by atomic mass is 10.1. The van der Waals surface area contributed by atoms with Gasteiger partial charge in [0.15, 0.2) is 0 Å². The lowest BCUT2D eigenvalue weighted by Gasteiger charge is -2.06. The van der Waals surface area contributed by atoms with Crippen LogP contribution in [0.15, 0.2) is 23.1 Å². The van der Waals surface area contributed by atoms with Gasteiger partial charge in [0.2, 0.25) is 0 Å². The van der Waals surface area contributed by atoms with Crippen molar-refractivity contribution in [3.63, 3.8) is 0 Å². The molecule has 0 saturated heterocycles. The number of thioether (sulfide) groups is 1. The van der Waals surface area contributed by atoms with Gasteiger partial charge >= 0.3 is 0 Å². The Bertz CT molecular complexity index is 340. The zero-order chi connectivity index (χ0) is 10.7. The first-order valence-corrected chi connectivity index (χ1v) is 6.25. The summed E-state index contributed by atoms with van der Waals surface area (Å²) in [6, 6.07) is 6.30. The fourth-order valence-corrected chi connectivity index (χ4v) is 3.38. The topological polar surface area (TPSA) is 35.2 Å². The SMILES string of the molecule is COc1cccc2c1CC(CCCN)S2. The van der Waals surface area contributed by atoms with Gasteiger partial charge in [0.1, 0.15) is 5.75 Å². The first kappa shape index (κ1) is 10.8. The molecule has 1 unspecified atom stereocenters. The van der Waals surface area contributed by atoms with Crippen LogP contribution in [0.5, 0.6) is 5.75 Å². The van der Waals surface area contributed by atoms with Crippen LogP contribution in [-0.2, 0) is 6.42 Å². The molecule has 2 nitrogen and oxygen atoms in total. The van der Waals surface area contributed by atoms with Crippen molar-refractivity contribution in [1.29, 1.82) is 0 Å². The van der Waals surface area contributed by atoms with Gasteiger partial charge in [-0.2, -0.15) is 0 Å².